The smallest absolute Gasteiger partial charge is 0.137 e. The van der Waals surface area contributed by atoms with Crippen molar-refractivity contribution in [3.8, 4) is 11.3 Å². The van der Waals surface area contributed by atoms with E-state index in [1.807, 2.05) is 6.07 Å². The maximum absolute atomic E-state index is 9.64. The lowest BCUT2D eigenvalue weighted by atomic mass is 9.68. The Morgan fingerprint density at radius 2 is 1.90 bits per heavy atom. The van der Waals surface area contributed by atoms with Crippen LogP contribution in [0.1, 0.15) is 37.6 Å². The summed E-state index contributed by atoms with van der Waals surface area (Å²) >= 11 is 0. The van der Waals surface area contributed by atoms with E-state index in [1.165, 1.54) is 5.56 Å². The summed E-state index contributed by atoms with van der Waals surface area (Å²) in [4.78, 5) is 9.08. The van der Waals surface area contributed by atoms with E-state index in [4.69, 9.17) is 4.98 Å². The number of aliphatic hydroxyl groups is 1. The van der Waals surface area contributed by atoms with Crippen LogP contribution in [0.25, 0.3) is 11.3 Å². The Balaban J connectivity index is 1.94. The van der Waals surface area contributed by atoms with E-state index in [-0.39, 0.29) is 12.0 Å². The number of nitrogens with zero attached hydrogens (tertiary/aromatic N) is 2. The first kappa shape index (κ1) is 13.3. The lowest BCUT2D eigenvalue weighted by Crippen LogP contribution is -2.39. The lowest BCUT2D eigenvalue weighted by molar-refractivity contribution is 0.112. The minimum atomic E-state index is -0.195. The highest BCUT2D eigenvalue weighted by Gasteiger charge is 2.40. The molecule has 0 amide bonds. The summed E-state index contributed by atoms with van der Waals surface area (Å²) in [5, 5.41) is 9.64. The van der Waals surface area contributed by atoms with Crippen molar-refractivity contribution < 1.29 is 5.11 Å². The zero-order valence-electron chi connectivity index (χ0n) is 11.8. The second kappa shape index (κ2) is 5.33. The fourth-order valence-corrected chi connectivity index (χ4v) is 2.74. The summed E-state index contributed by atoms with van der Waals surface area (Å²) in [5.74, 6) is 0.795. The van der Waals surface area contributed by atoms with Crippen molar-refractivity contribution in [2.75, 3.05) is 6.61 Å². The van der Waals surface area contributed by atoms with Crippen LogP contribution in [0, 0.1) is 0 Å². The van der Waals surface area contributed by atoms with Crippen LogP contribution >= 0.6 is 0 Å². The molecule has 2 aromatic rings. The predicted molar refractivity (Wildman–Crippen MR) is 79.5 cm³/mol. The van der Waals surface area contributed by atoms with Crippen molar-refractivity contribution in [1.29, 1.82) is 0 Å². The third-order valence-electron chi connectivity index (χ3n) is 4.40. The summed E-state index contributed by atoms with van der Waals surface area (Å²) < 4.78 is 0. The summed E-state index contributed by atoms with van der Waals surface area (Å²) in [6, 6.07) is 10.4. The van der Waals surface area contributed by atoms with Crippen molar-refractivity contribution in [3.63, 3.8) is 0 Å². The molecule has 104 valence electrons. The fourth-order valence-electron chi connectivity index (χ4n) is 2.74. The van der Waals surface area contributed by atoms with Crippen LogP contribution in [0.15, 0.2) is 36.5 Å². The number of aryl methyl sites for hydroxylation is 1. The van der Waals surface area contributed by atoms with Crippen LogP contribution in [0.3, 0.4) is 0 Å². The topological polar surface area (TPSA) is 46.0 Å². The van der Waals surface area contributed by atoms with Gasteiger partial charge < -0.3 is 5.11 Å². The molecule has 0 spiro atoms. The van der Waals surface area contributed by atoms with Gasteiger partial charge in [0.1, 0.15) is 5.82 Å². The average Bonchev–Trinajstić information content (AvgIpc) is 2.47. The van der Waals surface area contributed by atoms with Gasteiger partial charge in [0.15, 0.2) is 0 Å². The normalized spacial score (nSPS) is 16.7. The van der Waals surface area contributed by atoms with Crippen molar-refractivity contribution in [2.24, 2.45) is 0 Å². The Hall–Kier alpha value is -1.74. The van der Waals surface area contributed by atoms with Crippen LogP contribution < -0.4 is 0 Å². The third kappa shape index (κ3) is 2.22. The lowest BCUT2D eigenvalue weighted by Gasteiger charge is -2.38. The molecular weight excluding hydrogens is 248 g/mol. The molecule has 3 nitrogen and oxygen atoms in total. The second-order valence-corrected chi connectivity index (χ2v) is 5.61. The second-order valence-electron chi connectivity index (χ2n) is 5.61. The first-order valence-corrected chi connectivity index (χ1v) is 7.31. The largest absolute Gasteiger partial charge is 0.395 e. The van der Waals surface area contributed by atoms with Gasteiger partial charge in [-0.25, -0.2) is 9.97 Å². The van der Waals surface area contributed by atoms with Crippen LogP contribution in [0.4, 0.5) is 0 Å². The minimum Gasteiger partial charge on any atom is -0.395 e. The van der Waals surface area contributed by atoms with Gasteiger partial charge in [-0.3, -0.25) is 0 Å². The highest BCUT2D eigenvalue weighted by molar-refractivity contribution is 5.59. The number of hydrogen-bond donors (Lipinski definition) is 1. The van der Waals surface area contributed by atoms with Crippen molar-refractivity contribution >= 4 is 0 Å². The standard InChI is InChI=1S/C17H20N2O/c1-2-13-4-6-14(7-5-13)15-8-11-18-16(19-15)17(12-20)9-3-10-17/h4-8,11,20H,2-3,9-10,12H2,1H3. The zero-order chi connectivity index (χ0) is 14.0. The van der Waals surface area contributed by atoms with E-state index in [9.17, 15) is 5.11 Å². The van der Waals surface area contributed by atoms with Crippen LogP contribution in [0.5, 0.6) is 0 Å². The van der Waals surface area contributed by atoms with E-state index < -0.39 is 0 Å². The van der Waals surface area contributed by atoms with Crippen molar-refractivity contribution in [1.82, 2.24) is 9.97 Å². The molecule has 0 aliphatic heterocycles. The first-order valence-electron chi connectivity index (χ1n) is 7.31. The van der Waals surface area contributed by atoms with E-state index in [0.29, 0.717) is 0 Å². The van der Waals surface area contributed by atoms with Crippen molar-refractivity contribution in [2.45, 2.75) is 38.0 Å². The number of aliphatic hydroxyl groups excluding tert-OH is 1. The molecule has 3 heteroatoms. The Morgan fingerprint density at radius 3 is 2.45 bits per heavy atom. The van der Waals surface area contributed by atoms with E-state index in [0.717, 1.165) is 42.8 Å². The third-order valence-corrected chi connectivity index (χ3v) is 4.40. The first-order chi connectivity index (χ1) is 9.77. The van der Waals surface area contributed by atoms with E-state index in [1.54, 1.807) is 6.20 Å². The molecule has 1 aromatic heterocycles. The summed E-state index contributed by atoms with van der Waals surface area (Å²) in [7, 11) is 0. The predicted octanol–water partition coefficient (Wildman–Crippen LogP) is 3.12. The van der Waals surface area contributed by atoms with Crippen LogP contribution in [-0.4, -0.2) is 21.7 Å². The molecule has 0 atom stereocenters. The molecule has 1 fully saturated rings. The molecule has 0 unspecified atom stereocenters. The molecule has 1 aromatic carbocycles. The van der Waals surface area contributed by atoms with Gasteiger partial charge in [0.25, 0.3) is 0 Å². The van der Waals surface area contributed by atoms with E-state index >= 15 is 0 Å². The fraction of sp³-hybridized carbons (Fsp3) is 0.412. The summed E-state index contributed by atoms with van der Waals surface area (Å²) in [6.45, 7) is 2.30. The summed E-state index contributed by atoms with van der Waals surface area (Å²) in [6.07, 6.45) is 5.98. The Kier molecular flexibility index (Phi) is 3.53. The molecule has 1 N–H and O–H groups in total. The van der Waals surface area contributed by atoms with Gasteiger partial charge in [0.2, 0.25) is 0 Å². The van der Waals surface area contributed by atoms with Gasteiger partial charge in [-0.05, 0) is 30.9 Å². The van der Waals surface area contributed by atoms with Gasteiger partial charge in [-0.15, -0.1) is 0 Å². The average molecular weight is 268 g/mol. The highest BCUT2D eigenvalue weighted by atomic mass is 16.3. The molecule has 0 radical (unpaired) electrons. The Bertz CT molecular complexity index is 583. The number of benzene rings is 1. The van der Waals surface area contributed by atoms with Crippen LogP contribution in [-0.2, 0) is 11.8 Å². The summed E-state index contributed by atoms with van der Waals surface area (Å²) in [5.41, 5.74) is 3.18. The van der Waals surface area contributed by atoms with Gasteiger partial charge in [-0.1, -0.05) is 37.6 Å². The molecule has 20 heavy (non-hydrogen) atoms. The monoisotopic (exact) mass is 268 g/mol. The molecule has 0 saturated heterocycles. The number of aromatic nitrogens is 2. The molecule has 3 rings (SSSR count). The van der Waals surface area contributed by atoms with E-state index in [2.05, 4.69) is 36.2 Å². The molecule has 1 heterocycles. The maximum atomic E-state index is 9.64. The minimum absolute atomic E-state index is 0.144. The quantitative estimate of drug-likeness (QED) is 0.926. The molecule has 0 bridgehead atoms. The van der Waals surface area contributed by atoms with Crippen molar-refractivity contribution in [3.05, 3.63) is 47.9 Å². The van der Waals surface area contributed by atoms with Gasteiger partial charge in [0.05, 0.1) is 17.7 Å². The molecule has 1 saturated carbocycles. The molecule has 1 aliphatic carbocycles. The molecular formula is C17H20N2O. The zero-order valence-corrected chi connectivity index (χ0v) is 11.8. The van der Waals surface area contributed by atoms with Gasteiger partial charge in [0, 0.05) is 11.8 Å². The SMILES string of the molecule is CCc1ccc(-c2ccnc(C3(CO)CCC3)n2)cc1. The van der Waals surface area contributed by atoms with Crippen LogP contribution in [0.2, 0.25) is 0 Å². The van der Waals surface area contributed by atoms with Gasteiger partial charge in [-0.2, -0.15) is 0 Å². The Labute approximate surface area is 119 Å². The number of hydrogen-bond acceptors (Lipinski definition) is 3. The van der Waals surface area contributed by atoms with Gasteiger partial charge >= 0.3 is 0 Å². The number of rotatable bonds is 4. The molecule has 1 aliphatic rings. The highest BCUT2D eigenvalue weighted by Crippen LogP contribution is 2.41. The Morgan fingerprint density at radius 1 is 1.15 bits per heavy atom. The maximum Gasteiger partial charge on any atom is 0.137 e.